The van der Waals surface area contributed by atoms with Crippen LogP contribution in [0.3, 0.4) is 0 Å². The molecule has 4 fully saturated rings. The van der Waals surface area contributed by atoms with Crippen molar-refractivity contribution in [3.63, 3.8) is 0 Å². The number of nitrogens with zero attached hydrogens (tertiary/aromatic N) is 3. The minimum Gasteiger partial charge on any atom is -0.339 e. The molecular weight excluding hydrogens is 322 g/mol. The molecule has 3 saturated heterocycles. The van der Waals surface area contributed by atoms with Crippen molar-refractivity contribution in [1.82, 2.24) is 14.7 Å². The highest BCUT2D eigenvalue weighted by atomic mass is 16.2. The molecule has 0 bridgehead atoms. The zero-order valence-electron chi connectivity index (χ0n) is 16.9. The van der Waals surface area contributed by atoms with Crippen LogP contribution >= 0.6 is 0 Å². The third kappa shape index (κ3) is 4.11. The number of likely N-dealkylation sites (tertiary alicyclic amines) is 3. The Morgan fingerprint density at radius 1 is 0.923 bits per heavy atom. The van der Waals surface area contributed by atoms with Crippen LogP contribution in [0.15, 0.2) is 0 Å². The average Bonchev–Trinajstić information content (AvgIpc) is 2.71. The summed E-state index contributed by atoms with van der Waals surface area (Å²) in [6, 6.07) is 1.34. The van der Waals surface area contributed by atoms with Crippen LogP contribution in [0.4, 0.5) is 0 Å². The number of hydrogen-bond acceptors (Lipinski definition) is 3. The maximum atomic E-state index is 12.7. The van der Waals surface area contributed by atoms with Gasteiger partial charge in [-0.1, -0.05) is 26.2 Å². The first-order valence-electron chi connectivity index (χ1n) is 11.5. The van der Waals surface area contributed by atoms with Gasteiger partial charge in [-0.25, -0.2) is 0 Å². The Balaban J connectivity index is 1.34. The lowest BCUT2D eigenvalue weighted by Crippen LogP contribution is -2.59. The molecule has 0 spiro atoms. The minimum absolute atomic E-state index is 0.460. The molecule has 1 amide bonds. The molecule has 2 atom stereocenters. The monoisotopic (exact) mass is 361 g/mol. The summed E-state index contributed by atoms with van der Waals surface area (Å²) in [5.41, 5.74) is 0. The lowest BCUT2D eigenvalue weighted by atomic mass is 9.81. The predicted molar refractivity (Wildman–Crippen MR) is 106 cm³/mol. The van der Waals surface area contributed by atoms with Crippen LogP contribution in [0.25, 0.3) is 0 Å². The van der Waals surface area contributed by atoms with Gasteiger partial charge in [-0.05, 0) is 70.0 Å². The lowest BCUT2D eigenvalue weighted by molar-refractivity contribution is -0.142. The van der Waals surface area contributed by atoms with Crippen LogP contribution < -0.4 is 0 Å². The van der Waals surface area contributed by atoms with E-state index in [-0.39, 0.29) is 0 Å². The molecule has 4 nitrogen and oxygen atoms in total. The van der Waals surface area contributed by atoms with Gasteiger partial charge in [-0.2, -0.15) is 0 Å². The van der Waals surface area contributed by atoms with E-state index in [2.05, 4.69) is 21.6 Å². The van der Waals surface area contributed by atoms with Crippen molar-refractivity contribution < 1.29 is 4.79 Å². The van der Waals surface area contributed by atoms with Crippen molar-refractivity contribution in [3.05, 3.63) is 0 Å². The molecule has 3 aliphatic heterocycles. The Morgan fingerprint density at radius 3 is 2.42 bits per heavy atom. The first-order chi connectivity index (χ1) is 12.7. The molecule has 0 aromatic carbocycles. The number of rotatable bonds is 4. The summed E-state index contributed by atoms with van der Waals surface area (Å²) in [6.45, 7) is 9.56. The molecule has 4 heteroatoms. The van der Waals surface area contributed by atoms with E-state index in [0.29, 0.717) is 11.9 Å². The summed E-state index contributed by atoms with van der Waals surface area (Å²) in [5, 5.41) is 0. The van der Waals surface area contributed by atoms with E-state index in [1.807, 2.05) is 0 Å². The number of piperidine rings is 3. The summed E-state index contributed by atoms with van der Waals surface area (Å²) in [4.78, 5) is 20.4. The van der Waals surface area contributed by atoms with Crippen molar-refractivity contribution in [1.29, 1.82) is 0 Å². The van der Waals surface area contributed by atoms with E-state index in [4.69, 9.17) is 0 Å². The van der Waals surface area contributed by atoms with E-state index in [1.54, 1.807) is 0 Å². The van der Waals surface area contributed by atoms with Crippen LogP contribution in [0.2, 0.25) is 0 Å². The Hall–Kier alpha value is -0.610. The number of carbonyl (C=O) groups excluding carboxylic acids is 1. The maximum Gasteiger partial charge on any atom is 0.222 e. The van der Waals surface area contributed by atoms with E-state index in [0.717, 1.165) is 37.3 Å². The van der Waals surface area contributed by atoms with Gasteiger partial charge in [0.2, 0.25) is 5.91 Å². The molecule has 1 aliphatic carbocycles. The SMILES string of the molecule is CCN1CCC(N2CC[C@@H]3[C@@H](CCC(=O)N3CC3CCCCC3)C2)CC1. The maximum absolute atomic E-state index is 12.7. The van der Waals surface area contributed by atoms with E-state index in [1.165, 1.54) is 84.1 Å². The molecule has 26 heavy (non-hydrogen) atoms. The zero-order chi connectivity index (χ0) is 17.9. The number of carbonyl (C=O) groups is 1. The van der Waals surface area contributed by atoms with Gasteiger partial charge >= 0.3 is 0 Å². The topological polar surface area (TPSA) is 26.8 Å². The second-order valence-corrected chi connectivity index (χ2v) is 9.37. The summed E-state index contributed by atoms with van der Waals surface area (Å²) in [7, 11) is 0. The van der Waals surface area contributed by atoms with Crippen molar-refractivity contribution in [2.45, 2.75) is 83.2 Å². The molecule has 3 heterocycles. The first kappa shape index (κ1) is 18.7. The van der Waals surface area contributed by atoms with Gasteiger partial charge < -0.3 is 9.80 Å². The molecule has 0 radical (unpaired) electrons. The highest BCUT2D eigenvalue weighted by Gasteiger charge is 2.41. The van der Waals surface area contributed by atoms with Gasteiger partial charge in [0.15, 0.2) is 0 Å². The van der Waals surface area contributed by atoms with Crippen molar-refractivity contribution in [3.8, 4) is 0 Å². The number of amides is 1. The molecule has 0 unspecified atom stereocenters. The summed E-state index contributed by atoms with van der Waals surface area (Å²) >= 11 is 0. The van der Waals surface area contributed by atoms with Crippen molar-refractivity contribution in [2.75, 3.05) is 39.3 Å². The van der Waals surface area contributed by atoms with Crippen LogP contribution in [-0.2, 0) is 4.79 Å². The van der Waals surface area contributed by atoms with Crippen molar-refractivity contribution in [2.24, 2.45) is 11.8 Å². The summed E-state index contributed by atoms with van der Waals surface area (Å²) in [5.74, 6) is 1.97. The molecular formula is C22H39N3O. The number of hydrogen-bond donors (Lipinski definition) is 0. The second-order valence-electron chi connectivity index (χ2n) is 9.37. The van der Waals surface area contributed by atoms with Gasteiger partial charge in [-0.3, -0.25) is 9.69 Å². The molecule has 0 aromatic heterocycles. The van der Waals surface area contributed by atoms with Gasteiger partial charge in [0.25, 0.3) is 0 Å². The van der Waals surface area contributed by atoms with E-state index in [9.17, 15) is 4.79 Å². The fraction of sp³-hybridized carbons (Fsp3) is 0.955. The molecule has 0 N–H and O–H groups in total. The normalized spacial score (nSPS) is 33.4. The zero-order valence-corrected chi connectivity index (χ0v) is 16.9. The highest BCUT2D eigenvalue weighted by molar-refractivity contribution is 5.77. The molecule has 0 aromatic rings. The van der Waals surface area contributed by atoms with E-state index < -0.39 is 0 Å². The fourth-order valence-corrected chi connectivity index (χ4v) is 6.20. The average molecular weight is 362 g/mol. The van der Waals surface area contributed by atoms with E-state index >= 15 is 0 Å². The smallest absolute Gasteiger partial charge is 0.222 e. The van der Waals surface area contributed by atoms with Crippen molar-refractivity contribution >= 4 is 5.91 Å². The van der Waals surface area contributed by atoms with Gasteiger partial charge in [0, 0.05) is 38.1 Å². The summed E-state index contributed by atoms with van der Waals surface area (Å²) in [6.07, 6.45) is 12.7. The van der Waals surface area contributed by atoms with Crippen LogP contribution in [0, 0.1) is 11.8 Å². The highest BCUT2D eigenvalue weighted by Crippen LogP contribution is 2.35. The van der Waals surface area contributed by atoms with Gasteiger partial charge in [-0.15, -0.1) is 0 Å². The largest absolute Gasteiger partial charge is 0.339 e. The number of fused-ring (bicyclic) bond motifs is 1. The van der Waals surface area contributed by atoms with Crippen LogP contribution in [-0.4, -0.2) is 72.0 Å². The molecule has 1 saturated carbocycles. The summed E-state index contributed by atoms with van der Waals surface area (Å²) < 4.78 is 0. The Morgan fingerprint density at radius 2 is 1.69 bits per heavy atom. The lowest BCUT2D eigenvalue weighted by Gasteiger charge is -2.50. The van der Waals surface area contributed by atoms with Gasteiger partial charge in [0.1, 0.15) is 0 Å². The minimum atomic E-state index is 0.460. The Labute approximate surface area is 160 Å². The van der Waals surface area contributed by atoms with Crippen LogP contribution in [0.5, 0.6) is 0 Å². The quantitative estimate of drug-likeness (QED) is 0.768. The fourth-order valence-electron chi connectivity index (χ4n) is 6.20. The van der Waals surface area contributed by atoms with Gasteiger partial charge in [0.05, 0.1) is 0 Å². The third-order valence-corrected chi connectivity index (χ3v) is 7.88. The predicted octanol–water partition coefficient (Wildman–Crippen LogP) is 3.36. The Kier molecular flexibility index (Phi) is 6.20. The molecule has 4 aliphatic rings. The third-order valence-electron chi connectivity index (χ3n) is 7.88. The second kappa shape index (κ2) is 8.60. The standard InChI is InChI=1S/C22H39N3O/c1-2-23-13-10-20(11-14-23)24-15-12-21-19(17-24)8-9-22(26)25(21)16-18-6-4-3-5-7-18/h18-21H,2-17H2,1H3/t19-,21+/m0/s1. The first-order valence-corrected chi connectivity index (χ1v) is 11.5. The molecule has 148 valence electrons. The van der Waals surface area contributed by atoms with Crippen LogP contribution in [0.1, 0.15) is 71.1 Å². The Bertz CT molecular complexity index is 468. The molecule has 4 rings (SSSR count).